The van der Waals surface area contributed by atoms with Crippen LogP contribution < -0.4 is 5.73 Å². The molecule has 0 bridgehead atoms. The molecule has 0 aromatic carbocycles. The average molecular weight is 285 g/mol. The number of carbonyl (C=O) groups excluding carboxylic acids is 1. The highest BCUT2D eigenvalue weighted by molar-refractivity contribution is 7.92. The van der Waals surface area contributed by atoms with Crippen molar-refractivity contribution in [2.45, 2.75) is 44.5 Å². The Labute approximate surface area is 109 Å². The first-order chi connectivity index (χ1) is 7.07. The molecular formula is C10H21ClN2O3S. The molecule has 2 unspecified atom stereocenters. The molecule has 0 aliphatic carbocycles. The summed E-state index contributed by atoms with van der Waals surface area (Å²) < 4.78 is 23.3. The van der Waals surface area contributed by atoms with Crippen LogP contribution in [0.1, 0.15) is 27.7 Å². The zero-order valence-electron chi connectivity index (χ0n) is 10.6. The van der Waals surface area contributed by atoms with Gasteiger partial charge in [-0.2, -0.15) is 0 Å². The summed E-state index contributed by atoms with van der Waals surface area (Å²) in [7, 11) is -3.06. The Kier molecular flexibility index (Phi) is 5.02. The van der Waals surface area contributed by atoms with E-state index < -0.39 is 20.6 Å². The number of hydrogen-bond acceptors (Lipinski definition) is 4. The van der Waals surface area contributed by atoms with E-state index in [1.165, 1.54) is 0 Å². The summed E-state index contributed by atoms with van der Waals surface area (Å²) in [4.78, 5) is 13.6. The topological polar surface area (TPSA) is 80.5 Å². The molecule has 0 spiro atoms. The number of amides is 1. The van der Waals surface area contributed by atoms with Crippen LogP contribution in [0, 0.1) is 0 Å². The molecule has 5 nitrogen and oxygen atoms in total. The molecule has 1 aliphatic heterocycles. The zero-order valence-corrected chi connectivity index (χ0v) is 12.3. The van der Waals surface area contributed by atoms with Gasteiger partial charge < -0.3 is 10.6 Å². The zero-order chi connectivity index (χ0) is 12.7. The number of rotatable bonds is 1. The molecule has 17 heavy (non-hydrogen) atoms. The number of hydrogen-bond donors (Lipinski definition) is 1. The molecule has 1 amide bonds. The molecule has 1 heterocycles. The smallest absolute Gasteiger partial charge is 0.242 e. The fourth-order valence-electron chi connectivity index (χ4n) is 1.83. The minimum absolute atomic E-state index is 0. The molecule has 0 saturated carbocycles. The summed E-state index contributed by atoms with van der Waals surface area (Å²) in [6.07, 6.45) is 0. The van der Waals surface area contributed by atoms with Crippen LogP contribution in [-0.2, 0) is 14.6 Å². The van der Waals surface area contributed by atoms with Gasteiger partial charge >= 0.3 is 0 Å². The molecule has 1 rings (SSSR count). The number of sulfone groups is 1. The van der Waals surface area contributed by atoms with Crippen LogP contribution in [0.25, 0.3) is 0 Å². The first-order valence-electron chi connectivity index (χ1n) is 5.39. The van der Waals surface area contributed by atoms with E-state index in [4.69, 9.17) is 5.73 Å². The third-order valence-corrected chi connectivity index (χ3v) is 5.44. The summed E-state index contributed by atoms with van der Waals surface area (Å²) in [6, 6.07) is -0.311. The SMILES string of the molecule is CC1C(C)S(=O)(=O)CCN1C(=O)C(C)(C)N.Cl. The molecule has 0 aromatic heterocycles. The lowest BCUT2D eigenvalue weighted by molar-refractivity contribution is -0.137. The fourth-order valence-corrected chi connectivity index (χ4v) is 3.40. The largest absolute Gasteiger partial charge is 0.336 e. The van der Waals surface area contributed by atoms with Crippen molar-refractivity contribution in [3.63, 3.8) is 0 Å². The second-order valence-corrected chi connectivity index (χ2v) is 7.51. The van der Waals surface area contributed by atoms with Crippen molar-refractivity contribution in [2.75, 3.05) is 12.3 Å². The van der Waals surface area contributed by atoms with Crippen LogP contribution in [0.4, 0.5) is 0 Å². The van der Waals surface area contributed by atoms with Crippen molar-refractivity contribution >= 4 is 28.2 Å². The van der Waals surface area contributed by atoms with Gasteiger partial charge in [-0.05, 0) is 27.7 Å². The van der Waals surface area contributed by atoms with Crippen molar-refractivity contribution in [3.8, 4) is 0 Å². The quantitative estimate of drug-likeness (QED) is 0.745. The highest BCUT2D eigenvalue weighted by Crippen LogP contribution is 2.21. The Balaban J connectivity index is 0.00000256. The van der Waals surface area contributed by atoms with E-state index in [0.717, 1.165) is 0 Å². The van der Waals surface area contributed by atoms with Gasteiger partial charge in [-0.15, -0.1) is 12.4 Å². The van der Waals surface area contributed by atoms with Gasteiger partial charge in [-0.1, -0.05) is 0 Å². The van der Waals surface area contributed by atoms with Crippen molar-refractivity contribution < 1.29 is 13.2 Å². The van der Waals surface area contributed by atoms with Crippen LogP contribution in [-0.4, -0.2) is 48.4 Å². The molecule has 1 aliphatic rings. The molecule has 0 aromatic rings. The van der Waals surface area contributed by atoms with Crippen LogP contribution in [0.3, 0.4) is 0 Å². The normalized spacial score (nSPS) is 28.4. The molecule has 2 N–H and O–H groups in total. The second kappa shape index (κ2) is 5.12. The lowest BCUT2D eigenvalue weighted by atomic mass is 10.0. The van der Waals surface area contributed by atoms with E-state index in [0.29, 0.717) is 0 Å². The van der Waals surface area contributed by atoms with Gasteiger partial charge in [-0.25, -0.2) is 8.42 Å². The van der Waals surface area contributed by atoms with Crippen LogP contribution >= 0.6 is 12.4 Å². The lowest BCUT2D eigenvalue weighted by Crippen LogP contribution is -2.60. The van der Waals surface area contributed by atoms with Gasteiger partial charge in [0, 0.05) is 12.6 Å². The van der Waals surface area contributed by atoms with Crippen molar-refractivity contribution in [2.24, 2.45) is 5.73 Å². The standard InChI is InChI=1S/C10H20N2O3S.ClH/c1-7-8(2)16(14,15)6-5-12(7)9(13)10(3,4)11;/h7-8H,5-6,11H2,1-4H3;1H. The van der Waals surface area contributed by atoms with Gasteiger partial charge in [0.15, 0.2) is 9.84 Å². The Bertz CT molecular complexity index is 389. The van der Waals surface area contributed by atoms with E-state index >= 15 is 0 Å². The fraction of sp³-hybridized carbons (Fsp3) is 0.900. The highest BCUT2D eigenvalue weighted by Gasteiger charge is 2.40. The lowest BCUT2D eigenvalue weighted by Gasteiger charge is -2.40. The Morgan fingerprint density at radius 1 is 1.35 bits per heavy atom. The molecule has 102 valence electrons. The molecule has 1 fully saturated rings. The van der Waals surface area contributed by atoms with Crippen LogP contribution in [0.5, 0.6) is 0 Å². The maximum atomic E-state index is 12.0. The van der Waals surface area contributed by atoms with E-state index in [9.17, 15) is 13.2 Å². The maximum absolute atomic E-state index is 12.0. The van der Waals surface area contributed by atoms with Crippen LogP contribution in [0.15, 0.2) is 0 Å². The molecule has 2 atom stereocenters. The van der Waals surface area contributed by atoms with Gasteiger partial charge in [0.1, 0.15) is 0 Å². The summed E-state index contributed by atoms with van der Waals surface area (Å²) in [6.45, 7) is 6.91. The number of carbonyl (C=O) groups is 1. The second-order valence-electron chi connectivity index (χ2n) is 5.03. The Hall–Kier alpha value is -0.330. The summed E-state index contributed by atoms with van der Waals surface area (Å²) in [5, 5.41) is -0.521. The van der Waals surface area contributed by atoms with Crippen molar-refractivity contribution in [1.29, 1.82) is 0 Å². The first kappa shape index (κ1) is 16.7. The summed E-state index contributed by atoms with van der Waals surface area (Å²) in [5.74, 6) is -0.165. The van der Waals surface area contributed by atoms with Gasteiger partial charge in [0.25, 0.3) is 0 Å². The highest BCUT2D eigenvalue weighted by atomic mass is 35.5. The number of nitrogens with zero attached hydrogens (tertiary/aromatic N) is 1. The molecule has 0 radical (unpaired) electrons. The summed E-state index contributed by atoms with van der Waals surface area (Å²) >= 11 is 0. The Morgan fingerprint density at radius 2 is 1.82 bits per heavy atom. The van der Waals surface area contributed by atoms with Crippen molar-refractivity contribution in [1.82, 2.24) is 4.90 Å². The molecule has 1 saturated heterocycles. The van der Waals surface area contributed by atoms with E-state index in [1.54, 1.807) is 32.6 Å². The predicted molar refractivity (Wildman–Crippen MR) is 69.9 cm³/mol. The van der Waals surface area contributed by atoms with E-state index in [1.807, 2.05) is 0 Å². The van der Waals surface area contributed by atoms with Gasteiger partial charge in [0.05, 0.1) is 16.5 Å². The minimum Gasteiger partial charge on any atom is -0.336 e. The maximum Gasteiger partial charge on any atom is 0.242 e. The monoisotopic (exact) mass is 284 g/mol. The third kappa shape index (κ3) is 3.33. The summed E-state index contributed by atoms with van der Waals surface area (Å²) in [5.41, 5.74) is 4.80. The minimum atomic E-state index is -3.06. The first-order valence-corrected chi connectivity index (χ1v) is 7.10. The molecular weight excluding hydrogens is 264 g/mol. The third-order valence-electron chi connectivity index (χ3n) is 3.17. The molecule has 7 heteroatoms. The Morgan fingerprint density at radius 3 is 2.24 bits per heavy atom. The van der Waals surface area contributed by atoms with Gasteiger partial charge in [0.2, 0.25) is 5.91 Å². The predicted octanol–water partition coefficient (Wildman–Crippen LogP) is 0.179. The van der Waals surface area contributed by atoms with E-state index in [-0.39, 0.29) is 36.7 Å². The van der Waals surface area contributed by atoms with E-state index in [2.05, 4.69) is 0 Å². The van der Waals surface area contributed by atoms with Crippen molar-refractivity contribution in [3.05, 3.63) is 0 Å². The number of nitrogens with two attached hydrogens (primary N) is 1. The number of halogens is 1. The van der Waals surface area contributed by atoms with Gasteiger partial charge in [-0.3, -0.25) is 4.79 Å². The van der Waals surface area contributed by atoms with Crippen LogP contribution in [0.2, 0.25) is 0 Å². The average Bonchev–Trinajstić information content (AvgIpc) is 2.12.